The smallest absolute Gasteiger partial charge is 0.272 e. The summed E-state index contributed by atoms with van der Waals surface area (Å²) in [5, 5.41) is 10.4. The lowest BCUT2D eigenvalue weighted by Crippen LogP contribution is -2.33. The Bertz CT molecular complexity index is 326. The van der Waals surface area contributed by atoms with E-state index in [1.165, 1.54) is 0 Å². The van der Waals surface area contributed by atoms with Gasteiger partial charge in [0, 0.05) is 6.04 Å². The molecule has 1 amide bonds. The second-order valence-corrected chi connectivity index (χ2v) is 3.79. The van der Waals surface area contributed by atoms with E-state index in [1.54, 1.807) is 12.1 Å². The molecule has 4 nitrogen and oxygen atoms in total. The Morgan fingerprint density at radius 1 is 1.53 bits per heavy atom. The van der Waals surface area contributed by atoms with E-state index in [-0.39, 0.29) is 17.1 Å². The average Bonchev–Trinajstić information content (AvgIpc) is 2.18. The maximum absolute atomic E-state index is 11.6. The summed E-state index contributed by atoms with van der Waals surface area (Å²) in [4.78, 5) is 11.6. The van der Waals surface area contributed by atoms with Gasteiger partial charge in [-0.05, 0) is 25.5 Å². The maximum Gasteiger partial charge on any atom is 0.272 e. The summed E-state index contributed by atoms with van der Waals surface area (Å²) < 4.78 is 0. The van der Waals surface area contributed by atoms with Gasteiger partial charge in [-0.2, -0.15) is 0 Å². The van der Waals surface area contributed by atoms with E-state index >= 15 is 0 Å². The van der Waals surface area contributed by atoms with Gasteiger partial charge in [-0.3, -0.25) is 4.79 Å². The summed E-state index contributed by atoms with van der Waals surface area (Å²) in [5.41, 5.74) is 0.294. The van der Waals surface area contributed by atoms with Gasteiger partial charge in [0.15, 0.2) is 10.8 Å². The Kier molecular flexibility index (Phi) is 4.49. The first-order chi connectivity index (χ1) is 7.13. The maximum atomic E-state index is 11.6. The van der Waals surface area contributed by atoms with Crippen molar-refractivity contribution < 1.29 is 4.79 Å². The van der Waals surface area contributed by atoms with E-state index in [4.69, 9.17) is 11.6 Å². The molecule has 0 aliphatic carbocycles. The highest BCUT2D eigenvalue weighted by molar-refractivity contribution is 6.29. The number of hydrogen-bond donors (Lipinski definition) is 1. The minimum Gasteiger partial charge on any atom is -0.348 e. The van der Waals surface area contributed by atoms with Crippen molar-refractivity contribution >= 4 is 17.5 Å². The number of nitrogens with one attached hydrogen (secondary N) is 1. The summed E-state index contributed by atoms with van der Waals surface area (Å²) >= 11 is 5.57. The van der Waals surface area contributed by atoms with Gasteiger partial charge in [0.1, 0.15) is 0 Å². The van der Waals surface area contributed by atoms with E-state index in [0.29, 0.717) is 5.69 Å². The number of carbonyl (C=O) groups excluding carboxylic acids is 1. The molecule has 0 saturated heterocycles. The normalized spacial score (nSPS) is 12.2. The molecule has 0 fully saturated rings. The van der Waals surface area contributed by atoms with E-state index < -0.39 is 0 Å². The molecule has 0 aliphatic heterocycles. The average molecular weight is 228 g/mol. The Labute approximate surface area is 94.0 Å². The van der Waals surface area contributed by atoms with Gasteiger partial charge in [-0.25, -0.2) is 0 Å². The number of amides is 1. The van der Waals surface area contributed by atoms with Crippen LogP contribution in [-0.2, 0) is 0 Å². The summed E-state index contributed by atoms with van der Waals surface area (Å²) in [6.07, 6.45) is 1.99. The highest BCUT2D eigenvalue weighted by atomic mass is 35.5. The standard InChI is InChI=1S/C10H14ClN3O/c1-3-4-7(2)12-10(15)8-5-6-9(11)14-13-8/h5-7H,3-4H2,1-2H3,(H,12,15). The number of nitrogens with zero attached hydrogens (tertiary/aromatic N) is 2. The third kappa shape index (κ3) is 3.83. The molecule has 0 saturated carbocycles. The predicted octanol–water partition coefficient (Wildman–Crippen LogP) is 2.05. The van der Waals surface area contributed by atoms with E-state index in [2.05, 4.69) is 22.4 Å². The monoisotopic (exact) mass is 227 g/mol. The molecule has 82 valence electrons. The van der Waals surface area contributed by atoms with E-state index in [9.17, 15) is 4.79 Å². The fourth-order valence-electron chi connectivity index (χ4n) is 1.24. The van der Waals surface area contributed by atoms with Gasteiger partial charge in [-0.15, -0.1) is 10.2 Å². The van der Waals surface area contributed by atoms with Crippen molar-refractivity contribution in [2.24, 2.45) is 0 Å². The van der Waals surface area contributed by atoms with Gasteiger partial charge in [0.25, 0.3) is 5.91 Å². The van der Waals surface area contributed by atoms with Crippen LogP contribution in [0.3, 0.4) is 0 Å². The molecule has 1 N–H and O–H groups in total. The number of halogens is 1. The summed E-state index contributed by atoms with van der Waals surface area (Å²) in [6.45, 7) is 4.04. The molecule has 1 heterocycles. The quantitative estimate of drug-likeness (QED) is 0.857. The fraction of sp³-hybridized carbons (Fsp3) is 0.500. The van der Waals surface area contributed by atoms with Gasteiger partial charge < -0.3 is 5.32 Å². The van der Waals surface area contributed by atoms with Crippen LogP contribution in [-0.4, -0.2) is 22.1 Å². The van der Waals surface area contributed by atoms with Crippen molar-refractivity contribution in [1.29, 1.82) is 0 Å². The van der Waals surface area contributed by atoms with Crippen molar-refractivity contribution in [3.63, 3.8) is 0 Å². The Morgan fingerprint density at radius 3 is 2.80 bits per heavy atom. The van der Waals surface area contributed by atoms with Gasteiger partial charge >= 0.3 is 0 Å². The van der Waals surface area contributed by atoms with Crippen molar-refractivity contribution in [2.75, 3.05) is 0 Å². The molecule has 0 spiro atoms. The number of hydrogen-bond acceptors (Lipinski definition) is 3. The van der Waals surface area contributed by atoms with Crippen LogP contribution in [0.25, 0.3) is 0 Å². The minimum absolute atomic E-state index is 0.153. The first-order valence-electron chi connectivity index (χ1n) is 4.93. The van der Waals surface area contributed by atoms with Crippen LogP contribution in [0.1, 0.15) is 37.2 Å². The molecule has 0 aliphatic rings. The molecule has 5 heteroatoms. The third-order valence-electron chi connectivity index (χ3n) is 1.96. The first kappa shape index (κ1) is 11.9. The van der Waals surface area contributed by atoms with Crippen molar-refractivity contribution in [3.05, 3.63) is 23.0 Å². The molecule has 1 aromatic rings. The van der Waals surface area contributed by atoms with Gasteiger partial charge in [0.2, 0.25) is 0 Å². The molecule has 1 rings (SSSR count). The molecular formula is C10H14ClN3O. The van der Waals surface area contributed by atoms with Crippen molar-refractivity contribution in [3.8, 4) is 0 Å². The van der Waals surface area contributed by atoms with Gasteiger partial charge in [0.05, 0.1) is 0 Å². The number of rotatable bonds is 4. The highest BCUT2D eigenvalue weighted by Crippen LogP contribution is 2.03. The Balaban J connectivity index is 2.57. The fourth-order valence-corrected chi connectivity index (χ4v) is 1.34. The summed E-state index contributed by atoms with van der Waals surface area (Å²) in [6, 6.07) is 3.26. The van der Waals surface area contributed by atoms with E-state index in [1.807, 2.05) is 6.92 Å². The lowest BCUT2D eigenvalue weighted by Gasteiger charge is -2.11. The minimum atomic E-state index is -0.208. The topological polar surface area (TPSA) is 54.9 Å². The molecule has 1 atom stereocenters. The van der Waals surface area contributed by atoms with Crippen molar-refractivity contribution in [1.82, 2.24) is 15.5 Å². The Morgan fingerprint density at radius 2 is 2.27 bits per heavy atom. The second-order valence-electron chi connectivity index (χ2n) is 3.40. The van der Waals surface area contributed by atoms with Crippen LogP contribution < -0.4 is 5.32 Å². The van der Waals surface area contributed by atoms with Crippen LogP contribution in [0.5, 0.6) is 0 Å². The highest BCUT2D eigenvalue weighted by Gasteiger charge is 2.10. The third-order valence-corrected chi connectivity index (χ3v) is 2.17. The number of aromatic nitrogens is 2. The van der Waals surface area contributed by atoms with Crippen LogP contribution in [0.4, 0.5) is 0 Å². The second kappa shape index (κ2) is 5.66. The zero-order valence-corrected chi connectivity index (χ0v) is 9.58. The van der Waals surface area contributed by atoms with Crippen LogP contribution in [0.2, 0.25) is 5.15 Å². The van der Waals surface area contributed by atoms with Crippen molar-refractivity contribution in [2.45, 2.75) is 32.7 Å². The predicted molar refractivity (Wildman–Crippen MR) is 58.9 cm³/mol. The molecule has 0 bridgehead atoms. The molecule has 15 heavy (non-hydrogen) atoms. The van der Waals surface area contributed by atoms with Crippen LogP contribution in [0.15, 0.2) is 12.1 Å². The SMILES string of the molecule is CCCC(C)NC(=O)c1ccc(Cl)nn1. The lowest BCUT2D eigenvalue weighted by molar-refractivity contribution is 0.0932. The molecular weight excluding hydrogens is 214 g/mol. The summed E-state index contributed by atoms with van der Waals surface area (Å²) in [5.74, 6) is -0.208. The molecule has 0 radical (unpaired) electrons. The van der Waals surface area contributed by atoms with Crippen LogP contribution in [0, 0.1) is 0 Å². The molecule has 0 aromatic carbocycles. The van der Waals surface area contributed by atoms with Gasteiger partial charge in [-0.1, -0.05) is 24.9 Å². The number of carbonyl (C=O) groups is 1. The zero-order chi connectivity index (χ0) is 11.3. The largest absolute Gasteiger partial charge is 0.348 e. The Hall–Kier alpha value is -1.16. The lowest BCUT2D eigenvalue weighted by atomic mass is 10.2. The van der Waals surface area contributed by atoms with E-state index in [0.717, 1.165) is 12.8 Å². The zero-order valence-electron chi connectivity index (χ0n) is 8.83. The van der Waals surface area contributed by atoms with Crippen LogP contribution >= 0.6 is 11.6 Å². The molecule has 1 aromatic heterocycles. The first-order valence-corrected chi connectivity index (χ1v) is 5.31. The molecule has 1 unspecified atom stereocenters. The summed E-state index contributed by atoms with van der Waals surface area (Å²) in [7, 11) is 0.